The molecule has 104 valence electrons. The first kappa shape index (κ1) is 15.4. The predicted molar refractivity (Wildman–Crippen MR) is 73.7 cm³/mol. The summed E-state index contributed by atoms with van der Waals surface area (Å²) in [4.78, 5) is 32.6. The highest BCUT2D eigenvalue weighted by Crippen LogP contribution is 2.22. The smallest absolute Gasteiger partial charge is 0.239 e. The van der Waals surface area contributed by atoms with E-state index in [4.69, 9.17) is 11.6 Å². The van der Waals surface area contributed by atoms with Gasteiger partial charge in [-0.1, -0.05) is 18.5 Å². The van der Waals surface area contributed by atoms with Gasteiger partial charge in [0, 0.05) is 13.6 Å². The number of aromatic nitrogens is 2. The quantitative estimate of drug-likeness (QED) is 0.628. The number of aryl methyl sites for hydroxylation is 1. The molecular formula is C12H17ClN4O2. The fourth-order valence-corrected chi connectivity index (χ4v) is 1.91. The van der Waals surface area contributed by atoms with Gasteiger partial charge in [-0.3, -0.25) is 9.59 Å². The van der Waals surface area contributed by atoms with Crippen LogP contribution in [0.2, 0.25) is 5.15 Å². The molecule has 0 aliphatic carbocycles. The molecule has 0 aromatic carbocycles. The van der Waals surface area contributed by atoms with Gasteiger partial charge in [0.15, 0.2) is 6.29 Å². The van der Waals surface area contributed by atoms with E-state index in [9.17, 15) is 9.59 Å². The largest absolute Gasteiger partial charge is 0.358 e. The minimum atomic E-state index is -0.155. The van der Waals surface area contributed by atoms with Gasteiger partial charge in [0.2, 0.25) is 5.91 Å². The van der Waals surface area contributed by atoms with E-state index in [-0.39, 0.29) is 23.2 Å². The first-order chi connectivity index (χ1) is 9.03. The number of likely N-dealkylation sites (N-methyl/N-ethyl adjacent to an activating group) is 1. The SMILES string of the molecule is CCCN(CC(=O)NC)c1nc(C)nc(Cl)c1C=O. The molecule has 0 bridgehead atoms. The molecule has 1 rings (SSSR count). The molecule has 0 fully saturated rings. The van der Waals surface area contributed by atoms with E-state index in [2.05, 4.69) is 15.3 Å². The van der Waals surface area contributed by atoms with Crippen LogP contribution in [0.5, 0.6) is 0 Å². The third-order valence-corrected chi connectivity index (χ3v) is 2.80. The van der Waals surface area contributed by atoms with Crippen molar-refractivity contribution >= 4 is 29.6 Å². The molecule has 0 radical (unpaired) electrons. The number of nitrogens with one attached hydrogen (secondary N) is 1. The van der Waals surface area contributed by atoms with Gasteiger partial charge in [-0.15, -0.1) is 0 Å². The highest BCUT2D eigenvalue weighted by molar-refractivity contribution is 6.32. The lowest BCUT2D eigenvalue weighted by atomic mass is 10.2. The molecule has 0 saturated carbocycles. The Morgan fingerprint density at radius 1 is 1.47 bits per heavy atom. The molecule has 0 unspecified atom stereocenters. The van der Waals surface area contributed by atoms with Gasteiger partial charge in [0.1, 0.15) is 16.8 Å². The van der Waals surface area contributed by atoms with Crippen LogP contribution in [0.1, 0.15) is 29.5 Å². The summed E-state index contributed by atoms with van der Waals surface area (Å²) in [6.07, 6.45) is 1.43. The Kier molecular flexibility index (Phi) is 5.69. The fourth-order valence-electron chi connectivity index (χ4n) is 1.66. The zero-order valence-corrected chi connectivity index (χ0v) is 12.0. The number of halogens is 1. The van der Waals surface area contributed by atoms with Crippen LogP contribution in [0.15, 0.2) is 0 Å². The van der Waals surface area contributed by atoms with Crippen molar-refractivity contribution in [2.75, 3.05) is 25.0 Å². The van der Waals surface area contributed by atoms with Crippen molar-refractivity contribution in [1.29, 1.82) is 0 Å². The van der Waals surface area contributed by atoms with Crippen LogP contribution in [0, 0.1) is 6.92 Å². The highest BCUT2D eigenvalue weighted by Gasteiger charge is 2.18. The zero-order valence-electron chi connectivity index (χ0n) is 11.2. The van der Waals surface area contributed by atoms with Crippen LogP contribution < -0.4 is 10.2 Å². The molecule has 1 N–H and O–H groups in total. The fraction of sp³-hybridized carbons (Fsp3) is 0.500. The van der Waals surface area contributed by atoms with Crippen molar-refractivity contribution in [1.82, 2.24) is 15.3 Å². The van der Waals surface area contributed by atoms with Gasteiger partial charge in [-0.25, -0.2) is 9.97 Å². The van der Waals surface area contributed by atoms with Crippen LogP contribution in [-0.4, -0.2) is 42.3 Å². The van der Waals surface area contributed by atoms with E-state index in [1.54, 1.807) is 18.9 Å². The predicted octanol–water partition coefficient (Wildman–Crippen LogP) is 1.21. The van der Waals surface area contributed by atoms with Gasteiger partial charge in [-0.05, 0) is 13.3 Å². The molecule has 1 aromatic heterocycles. The number of aldehydes is 1. The Labute approximate surface area is 117 Å². The Hall–Kier alpha value is -1.69. The lowest BCUT2D eigenvalue weighted by molar-refractivity contribution is -0.119. The average molecular weight is 285 g/mol. The summed E-state index contributed by atoms with van der Waals surface area (Å²) in [5, 5.41) is 2.65. The molecule has 0 spiro atoms. The van der Waals surface area contributed by atoms with Gasteiger partial charge in [0.25, 0.3) is 0 Å². The van der Waals surface area contributed by atoms with Crippen LogP contribution in [0.3, 0.4) is 0 Å². The Bertz CT molecular complexity index is 479. The molecule has 19 heavy (non-hydrogen) atoms. The molecule has 0 saturated heterocycles. The molecule has 1 aromatic rings. The minimum Gasteiger partial charge on any atom is -0.358 e. The number of hydrogen-bond donors (Lipinski definition) is 1. The molecule has 0 aliphatic heterocycles. The number of hydrogen-bond acceptors (Lipinski definition) is 5. The van der Waals surface area contributed by atoms with E-state index in [0.29, 0.717) is 24.5 Å². The van der Waals surface area contributed by atoms with Gasteiger partial charge >= 0.3 is 0 Å². The Morgan fingerprint density at radius 2 is 2.16 bits per heavy atom. The summed E-state index contributed by atoms with van der Waals surface area (Å²) in [7, 11) is 1.56. The molecular weight excluding hydrogens is 268 g/mol. The molecule has 6 nitrogen and oxygen atoms in total. The second-order valence-electron chi connectivity index (χ2n) is 4.01. The van der Waals surface area contributed by atoms with Crippen LogP contribution in [-0.2, 0) is 4.79 Å². The number of nitrogens with zero attached hydrogens (tertiary/aromatic N) is 3. The Balaban J connectivity index is 3.20. The summed E-state index contributed by atoms with van der Waals surface area (Å²) >= 11 is 5.94. The number of carbonyl (C=O) groups is 2. The highest BCUT2D eigenvalue weighted by atomic mass is 35.5. The van der Waals surface area contributed by atoms with E-state index in [0.717, 1.165) is 6.42 Å². The number of amides is 1. The van der Waals surface area contributed by atoms with Crippen LogP contribution in [0.25, 0.3) is 0 Å². The van der Waals surface area contributed by atoms with Crippen molar-refractivity contribution in [2.24, 2.45) is 0 Å². The normalized spacial score (nSPS) is 10.1. The van der Waals surface area contributed by atoms with Crippen molar-refractivity contribution in [3.63, 3.8) is 0 Å². The second-order valence-corrected chi connectivity index (χ2v) is 4.37. The topological polar surface area (TPSA) is 75.2 Å². The van der Waals surface area contributed by atoms with Crippen molar-refractivity contribution < 1.29 is 9.59 Å². The summed E-state index contributed by atoms with van der Waals surface area (Å²) in [6, 6.07) is 0. The van der Waals surface area contributed by atoms with Crippen molar-refractivity contribution in [3.05, 3.63) is 16.5 Å². The average Bonchev–Trinajstić information content (AvgIpc) is 2.37. The summed E-state index contributed by atoms with van der Waals surface area (Å²) in [6.45, 7) is 4.39. The lowest BCUT2D eigenvalue weighted by Gasteiger charge is -2.23. The maximum atomic E-state index is 11.5. The summed E-state index contributed by atoms with van der Waals surface area (Å²) in [5.74, 6) is 0.708. The molecule has 1 heterocycles. The van der Waals surface area contributed by atoms with E-state index in [1.807, 2.05) is 6.92 Å². The lowest BCUT2D eigenvalue weighted by Crippen LogP contribution is -2.37. The standard InChI is InChI=1S/C12H17ClN4O2/c1-4-5-17(6-10(19)14-3)12-9(7-18)11(13)15-8(2)16-12/h7H,4-6H2,1-3H3,(H,14,19). The van der Waals surface area contributed by atoms with E-state index in [1.165, 1.54) is 0 Å². The monoisotopic (exact) mass is 284 g/mol. The second kappa shape index (κ2) is 7.04. The van der Waals surface area contributed by atoms with Gasteiger partial charge < -0.3 is 10.2 Å². The molecule has 0 atom stereocenters. The third-order valence-electron chi connectivity index (χ3n) is 2.52. The van der Waals surface area contributed by atoms with Crippen molar-refractivity contribution in [3.8, 4) is 0 Å². The van der Waals surface area contributed by atoms with Crippen LogP contribution in [0.4, 0.5) is 5.82 Å². The molecule has 1 amide bonds. The van der Waals surface area contributed by atoms with Crippen LogP contribution >= 0.6 is 11.6 Å². The first-order valence-corrected chi connectivity index (χ1v) is 6.36. The summed E-state index contributed by atoms with van der Waals surface area (Å²) < 4.78 is 0. The van der Waals surface area contributed by atoms with Crippen molar-refractivity contribution in [2.45, 2.75) is 20.3 Å². The van der Waals surface area contributed by atoms with Gasteiger partial charge in [-0.2, -0.15) is 0 Å². The summed E-state index contributed by atoms with van der Waals surface area (Å²) in [5.41, 5.74) is 0.213. The minimum absolute atomic E-state index is 0.107. The maximum absolute atomic E-state index is 11.5. The number of carbonyl (C=O) groups excluding carboxylic acids is 2. The number of anilines is 1. The Morgan fingerprint density at radius 3 is 2.68 bits per heavy atom. The van der Waals surface area contributed by atoms with Gasteiger partial charge in [0.05, 0.1) is 12.1 Å². The first-order valence-electron chi connectivity index (χ1n) is 5.98. The maximum Gasteiger partial charge on any atom is 0.239 e. The zero-order chi connectivity index (χ0) is 14.4. The van der Waals surface area contributed by atoms with E-state index < -0.39 is 0 Å². The number of rotatable bonds is 6. The van der Waals surface area contributed by atoms with E-state index >= 15 is 0 Å². The molecule has 0 aliphatic rings. The third kappa shape index (κ3) is 3.89. The molecule has 7 heteroatoms.